The third-order valence-corrected chi connectivity index (χ3v) is 2.00. The van der Waals surface area contributed by atoms with Crippen molar-refractivity contribution in [1.82, 2.24) is 4.98 Å². The van der Waals surface area contributed by atoms with E-state index >= 15 is 0 Å². The third kappa shape index (κ3) is 1.91. The summed E-state index contributed by atoms with van der Waals surface area (Å²) >= 11 is 1.31. The van der Waals surface area contributed by atoms with Crippen molar-refractivity contribution in [2.24, 2.45) is 0 Å². The van der Waals surface area contributed by atoms with E-state index < -0.39 is 5.97 Å². The smallest absolute Gasteiger partial charge is 0.309 e. The number of hydrogen-bond donors (Lipinski definition) is 2. The molecule has 0 saturated carbocycles. The molecule has 1 aromatic rings. The summed E-state index contributed by atoms with van der Waals surface area (Å²) in [5.74, 6) is -0.901. The molecular formula is C6H8N2O2S. The lowest BCUT2D eigenvalue weighted by atomic mass is 10.3. The Hall–Kier alpha value is -1.10. The van der Waals surface area contributed by atoms with Crippen LogP contribution in [0, 0.1) is 6.92 Å². The van der Waals surface area contributed by atoms with Gasteiger partial charge in [0.1, 0.15) is 5.00 Å². The lowest BCUT2D eigenvalue weighted by Crippen LogP contribution is -2.02. The van der Waals surface area contributed by atoms with E-state index in [-0.39, 0.29) is 6.42 Å². The molecule has 5 heteroatoms. The van der Waals surface area contributed by atoms with E-state index in [0.29, 0.717) is 10.7 Å². The highest BCUT2D eigenvalue weighted by Gasteiger charge is 2.08. The van der Waals surface area contributed by atoms with Crippen molar-refractivity contribution in [3.63, 3.8) is 0 Å². The molecule has 0 aliphatic carbocycles. The van der Waals surface area contributed by atoms with Crippen molar-refractivity contribution in [3.05, 3.63) is 10.7 Å². The molecule has 0 unspecified atom stereocenters. The summed E-state index contributed by atoms with van der Waals surface area (Å²) in [7, 11) is 0. The molecule has 0 fully saturated rings. The summed E-state index contributed by atoms with van der Waals surface area (Å²) in [4.78, 5) is 14.2. The molecule has 0 amide bonds. The molecule has 0 atom stereocenters. The number of aliphatic carboxylic acids is 1. The Morgan fingerprint density at radius 3 is 2.82 bits per heavy atom. The summed E-state index contributed by atoms with van der Waals surface area (Å²) < 4.78 is 0. The number of nitrogens with zero attached hydrogens (tertiary/aromatic N) is 1. The largest absolute Gasteiger partial charge is 0.481 e. The molecule has 0 aromatic carbocycles. The number of thiazole rings is 1. The van der Waals surface area contributed by atoms with E-state index in [1.54, 1.807) is 6.92 Å². The molecule has 3 N–H and O–H groups in total. The van der Waals surface area contributed by atoms with Crippen molar-refractivity contribution in [2.75, 3.05) is 5.73 Å². The van der Waals surface area contributed by atoms with Gasteiger partial charge in [0.15, 0.2) is 0 Å². The molecule has 60 valence electrons. The minimum Gasteiger partial charge on any atom is -0.481 e. The first kappa shape index (κ1) is 8.00. The number of hydrogen-bond acceptors (Lipinski definition) is 4. The van der Waals surface area contributed by atoms with Gasteiger partial charge in [-0.05, 0) is 6.92 Å². The van der Waals surface area contributed by atoms with Gasteiger partial charge in [0.25, 0.3) is 0 Å². The zero-order valence-corrected chi connectivity index (χ0v) is 6.81. The predicted molar refractivity (Wildman–Crippen MR) is 42.6 cm³/mol. The highest BCUT2D eigenvalue weighted by molar-refractivity contribution is 7.15. The normalized spacial score (nSPS) is 9.91. The number of carbonyl (C=O) groups is 1. The van der Waals surface area contributed by atoms with E-state index in [0.717, 1.165) is 5.01 Å². The number of anilines is 1. The molecule has 0 aliphatic rings. The van der Waals surface area contributed by atoms with Crippen LogP contribution in [0.15, 0.2) is 0 Å². The van der Waals surface area contributed by atoms with Gasteiger partial charge in [0, 0.05) is 0 Å². The topological polar surface area (TPSA) is 76.2 Å². The van der Waals surface area contributed by atoms with Gasteiger partial charge in [0.05, 0.1) is 17.1 Å². The number of carboxylic acids is 1. The van der Waals surface area contributed by atoms with Gasteiger partial charge in [-0.15, -0.1) is 11.3 Å². The minimum atomic E-state index is -0.901. The lowest BCUT2D eigenvalue weighted by Gasteiger charge is -1.89. The lowest BCUT2D eigenvalue weighted by molar-refractivity contribution is -0.136. The Balaban J connectivity index is 2.85. The van der Waals surface area contributed by atoms with Crippen LogP contribution < -0.4 is 5.73 Å². The Morgan fingerprint density at radius 1 is 1.82 bits per heavy atom. The van der Waals surface area contributed by atoms with Crippen molar-refractivity contribution in [1.29, 1.82) is 0 Å². The van der Waals surface area contributed by atoms with Crippen LogP contribution in [0.5, 0.6) is 0 Å². The molecular weight excluding hydrogens is 164 g/mol. The van der Waals surface area contributed by atoms with Crippen LogP contribution in [-0.2, 0) is 11.2 Å². The fourth-order valence-electron chi connectivity index (χ4n) is 0.756. The summed E-state index contributed by atoms with van der Waals surface area (Å²) in [6, 6.07) is 0. The van der Waals surface area contributed by atoms with Crippen molar-refractivity contribution < 1.29 is 9.90 Å². The fourth-order valence-corrected chi connectivity index (χ4v) is 1.47. The maximum absolute atomic E-state index is 10.2. The monoisotopic (exact) mass is 172 g/mol. The van der Waals surface area contributed by atoms with E-state index in [1.807, 2.05) is 0 Å². The number of carboxylic acid groups (broad SMARTS) is 1. The van der Waals surface area contributed by atoms with Gasteiger partial charge in [-0.1, -0.05) is 0 Å². The third-order valence-electron chi connectivity index (χ3n) is 1.15. The van der Waals surface area contributed by atoms with Crippen LogP contribution in [0.3, 0.4) is 0 Å². The molecule has 1 aromatic heterocycles. The Kier molecular flexibility index (Phi) is 2.09. The van der Waals surface area contributed by atoms with Gasteiger partial charge < -0.3 is 10.8 Å². The summed E-state index contributed by atoms with van der Waals surface area (Å²) in [5.41, 5.74) is 5.95. The average Bonchev–Trinajstić information content (AvgIpc) is 2.09. The second kappa shape index (κ2) is 2.87. The molecule has 0 saturated heterocycles. The molecule has 1 heterocycles. The van der Waals surface area contributed by atoms with E-state index in [9.17, 15) is 4.79 Å². The molecule has 1 rings (SSSR count). The zero-order valence-electron chi connectivity index (χ0n) is 6.00. The Bertz CT molecular complexity index is 282. The van der Waals surface area contributed by atoms with Gasteiger partial charge >= 0.3 is 5.97 Å². The summed E-state index contributed by atoms with van der Waals surface area (Å²) in [6.45, 7) is 1.80. The van der Waals surface area contributed by atoms with Crippen LogP contribution in [0.4, 0.5) is 5.00 Å². The van der Waals surface area contributed by atoms with E-state index in [2.05, 4.69) is 4.98 Å². The number of nitrogens with two attached hydrogens (primary N) is 1. The zero-order chi connectivity index (χ0) is 8.43. The maximum atomic E-state index is 10.2. The first-order valence-electron chi connectivity index (χ1n) is 3.03. The number of aryl methyl sites for hydroxylation is 1. The van der Waals surface area contributed by atoms with E-state index in [4.69, 9.17) is 10.8 Å². The Labute approximate surface area is 67.7 Å². The number of nitrogen functional groups attached to an aromatic ring is 1. The SMILES string of the molecule is Cc1nc(CC(=O)O)c(N)s1. The molecule has 0 aliphatic heterocycles. The van der Waals surface area contributed by atoms with Gasteiger partial charge in [0.2, 0.25) is 0 Å². The van der Waals surface area contributed by atoms with Crippen LogP contribution in [-0.4, -0.2) is 16.1 Å². The van der Waals surface area contributed by atoms with Gasteiger partial charge in [-0.3, -0.25) is 4.79 Å². The molecule has 11 heavy (non-hydrogen) atoms. The second-order valence-electron chi connectivity index (χ2n) is 2.11. The molecule has 4 nitrogen and oxygen atoms in total. The highest BCUT2D eigenvalue weighted by Crippen LogP contribution is 2.20. The van der Waals surface area contributed by atoms with Gasteiger partial charge in [-0.2, -0.15) is 0 Å². The number of rotatable bonds is 2. The predicted octanol–water partition coefficient (Wildman–Crippen LogP) is 0.661. The fraction of sp³-hybridized carbons (Fsp3) is 0.333. The first-order valence-corrected chi connectivity index (χ1v) is 3.85. The number of aromatic nitrogens is 1. The quantitative estimate of drug-likeness (QED) is 0.687. The molecule has 0 spiro atoms. The van der Waals surface area contributed by atoms with Crippen LogP contribution in [0.2, 0.25) is 0 Å². The van der Waals surface area contributed by atoms with Gasteiger partial charge in [-0.25, -0.2) is 4.98 Å². The van der Waals surface area contributed by atoms with Crippen molar-refractivity contribution in [3.8, 4) is 0 Å². The van der Waals surface area contributed by atoms with E-state index in [1.165, 1.54) is 11.3 Å². The standard InChI is InChI=1S/C6H8N2O2S/c1-3-8-4(2-5(9)10)6(7)11-3/h2,7H2,1H3,(H,9,10). The van der Waals surface area contributed by atoms with Crippen LogP contribution >= 0.6 is 11.3 Å². The highest BCUT2D eigenvalue weighted by atomic mass is 32.1. The molecule has 0 bridgehead atoms. The summed E-state index contributed by atoms with van der Waals surface area (Å²) in [6.07, 6.45) is -0.0871. The Morgan fingerprint density at radius 2 is 2.45 bits per heavy atom. The average molecular weight is 172 g/mol. The van der Waals surface area contributed by atoms with Crippen molar-refractivity contribution >= 4 is 22.3 Å². The maximum Gasteiger partial charge on any atom is 0.309 e. The van der Waals surface area contributed by atoms with Crippen LogP contribution in [0.1, 0.15) is 10.7 Å². The van der Waals surface area contributed by atoms with Crippen molar-refractivity contribution in [2.45, 2.75) is 13.3 Å². The first-order chi connectivity index (χ1) is 5.09. The molecule has 0 radical (unpaired) electrons. The minimum absolute atomic E-state index is 0.0871. The van der Waals surface area contributed by atoms with Crippen LogP contribution in [0.25, 0.3) is 0 Å². The summed E-state index contributed by atoms with van der Waals surface area (Å²) in [5, 5.41) is 9.72. The second-order valence-corrected chi connectivity index (χ2v) is 3.35.